The number of aryl methyl sites for hydroxylation is 3. The smallest absolute Gasteiger partial charge is 0.248 e. The molecule has 0 saturated heterocycles. The second-order valence-corrected chi connectivity index (χ2v) is 5.34. The highest BCUT2D eigenvalue weighted by Gasteiger charge is 2.18. The molecular weight excluding hydrogens is 266 g/mol. The molecular formula is C16H21N3O2. The van der Waals surface area contributed by atoms with Gasteiger partial charge in [-0.1, -0.05) is 12.1 Å². The molecule has 1 heterocycles. The third-order valence-corrected chi connectivity index (χ3v) is 3.53. The molecule has 2 N–H and O–H groups in total. The molecule has 1 aromatic carbocycles. The van der Waals surface area contributed by atoms with Crippen molar-refractivity contribution >= 4 is 11.6 Å². The standard InChI is InChI=1S/C16H21N3O2/c1-10-5-6-14(9-20)8-15(10)17-16(21)13(4)19-12(3)7-11(2)18-19/h5-8,13,20H,9H2,1-4H3,(H,17,21). The van der Waals surface area contributed by atoms with Crippen molar-refractivity contribution in [1.82, 2.24) is 9.78 Å². The molecule has 0 radical (unpaired) electrons. The number of carbonyl (C=O) groups is 1. The van der Waals surface area contributed by atoms with Crippen LogP contribution in [0, 0.1) is 20.8 Å². The first-order valence-corrected chi connectivity index (χ1v) is 6.96. The Bertz CT molecular complexity index is 662. The quantitative estimate of drug-likeness (QED) is 0.908. The van der Waals surface area contributed by atoms with Crippen LogP contribution in [0.4, 0.5) is 5.69 Å². The molecule has 5 nitrogen and oxygen atoms in total. The van der Waals surface area contributed by atoms with Gasteiger partial charge in [0.1, 0.15) is 6.04 Å². The summed E-state index contributed by atoms with van der Waals surface area (Å²) in [6.45, 7) is 7.53. The Morgan fingerprint density at radius 2 is 2.05 bits per heavy atom. The number of aliphatic hydroxyl groups excluding tert-OH is 1. The van der Waals surface area contributed by atoms with Gasteiger partial charge >= 0.3 is 0 Å². The molecule has 0 fully saturated rings. The number of anilines is 1. The van der Waals surface area contributed by atoms with Gasteiger partial charge in [-0.25, -0.2) is 0 Å². The predicted molar refractivity (Wildman–Crippen MR) is 82.1 cm³/mol. The van der Waals surface area contributed by atoms with E-state index in [1.54, 1.807) is 10.7 Å². The lowest BCUT2D eigenvalue weighted by Gasteiger charge is -2.16. The third kappa shape index (κ3) is 3.31. The molecule has 1 amide bonds. The van der Waals surface area contributed by atoms with Crippen molar-refractivity contribution in [3.63, 3.8) is 0 Å². The van der Waals surface area contributed by atoms with Gasteiger partial charge in [-0.3, -0.25) is 9.48 Å². The first-order chi connectivity index (χ1) is 9.92. The van der Waals surface area contributed by atoms with Crippen LogP contribution >= 0.6 is 0 Å². The van der Waals surface area contributed by atoms with Crippen LogP contribution in [-0.2, 0) is 11.4 Å². The normalized spacial score (nSPS) is 12.2. The number of carbonyl (C=O) groups excluding carboxylic acids is 1. The molecule has 0 bridgehead atoms. The van der Waals surface area contributed by atoms with Crippen molar-refractivity contribution in [3.8, 4) is 0 Å². The van der Waals surface area contributed by atoms with E-state index in [2.05, 4.69) is 10.4 Å². The number of hydrogen-bond acceptors (Lipinski definition) is 3. The van der Waals surface area contributed by atoms with Crippen molar-refractivity contribution in [2.45, 2.75) is 40.3 Å². The summed E-state index contributed by atoms with van der Waals surface area (Å²) in [5.41, 5.74) is 4.30. The lowest BCUT2D eigenvalue weighted by molar-refractivity contribution is -0.119. The van der Waals surface area contributed by atoms with E-state index in [4.69, 9.17) is 0 Å². The Morgan fingerprint density at radius 3 is 2.62 bits per heavy atom. The van der Waals surface area contributed by atoms with Crippen molar-refractivity contribution in [2.24, 2.45) is 0 Å². The summed E-state index contributed by atoms with van der Waals surface area (Å²) in [4.78, 5) is 12.4. The van der Waals surface area contributed by atoms with Gasteiger partial charge < -0.3 is 10.4 Å². The summed E-state index contributed by atoms with van der Waals surface area (Å²) in [6, 6.07) is 7.07. The number of benzene rings is 1. The molecule has 0 saturated carbocycles. The number of hydrogen-bond donors (Lipinski definition) is 2. The second-order valence-electron chi connectivity index (χ2n) is 5.34. The van der Waals surface area contributed by atoms with Gasteiger partial charge in [0, 0.05) is 11.4 Å². The minimum Gasteiger partial charge on any atom is -0.392 e. The monoisotopic (exact) mass is 287 g/mol. The van der Waals surface area contributed by atoms with Crippen molar-refractivity contribution in [3.05, 3.63) is 46.8 Å². The fraction of sp³-hybridized carbons (Fsp3) is 0.375. The highest BCUT2D eigenvalue weighted by atomic mass is 16.3. The van der Waals surface area contributed by atoms with Crippen LogP contribution in [0.1, 0.15) is 35.5 Å². The fourth-order valence-corrected chi connectivity index (χ4v) is 2.29. The molecule has 0 spiro atoms. The molecule has 0 aliphatic heterocycles. The summed E-state index contributed by atoms with van der Waals surface area (Å²) in [7, 11) is 0. The van der Waals surface area contributed by atoms with Crippen molar-refractivity contribution < 1.29 is 9.90 Å². The lowest BCUT2D eigenvalue weighted by Crippen LogP contribution is -2.25. The Morgan fingerprint density at radius 1 is 1.33 bits per heavy atom. The van der Waals surface area contributed by atoms with E-state index in [-0.39, 0.29) is 12.5 Å². The summed E-state index contributed by atoms with van der Waals surface area (Å²) < 4.78 is 1.72. The highest BCUT2D eigenvalue weighted by Crippen LogP contribution is 2.19. The molecule has 1 unspecified atom stereocenters. The molecule has 21 heavy (non-hydrogen) atoms. The number of amides is 1. The van der Waals surface area contributed by atoms with Crippen LogP contribution in [0.3, 0.4) is 0 Å². The van der Waals surface area contributed by atoms with Crippen LogP contribution in [0.15, 0.2) is 24.3 Å². The SMILES string of the molecule is Cc1cc(C)n(C(C)C(=O)Nc2cc(CO)ccc2C)n1. The summed E-state index contributed by atoms with van der Waals surface area (Å²) in [5, 5.41) is 16.4. The summed E-state index contributed by atoms with van der Waals surface area (Å²) in [6.07, 6.45) is 0. The van der Waals surface area contributed by atoms with Gasteiger partial charge in [-0.05, 0) is 51.0 Å². The van der Waals surface area contributed by atoms with E-state index in [1.165, 1.54) is 0 Å². The number of nitrogens with zero attached hydrogens (tertiary/aromatic N) is 2. The number of aromatic nitrogens is 2. The Labute approximate surface area is 124 Å². The van der Waals surface area contributed by atoms with E-state index >= 15 is 0 Å². The predicted octanol–water partition coefficient (Wildman–Crippen LogP) is 2.50. The van der Waals surface area contributed by atoms with Crippen LogP contribution in [0.5, 0.6) is 0 Å². The van der Waals surface area contributed by atoms with Gasteiger partial charge in [0.05, 0.1) is 12.3 Å². The molecule has 2 aromatic rings. The molecule has 5 heteroatoms. The van der Waals surface area contributed by atoms with E-state index in [1.807, 2.05) is 45.9 Å². The minimum absolute atomic E-state index is 0.0455. The molecule has 1 aromatic heterocycles. The molecule has 112 valence electrons. The van der Waals surface area contributed by atoms with Gasteiger partial charge in [-0.15, -0.1) is 0 Å². The van der Waals surface area contributed by atoms with Gasteiger partial charge in [0.2, 0.25) is 5.91 Å². The zero-order chi connectivity index (χ0) is 15.6. The first kappa shape index (κ1) is 15.3. The van der Waals surface area contributed by atoms with E-state index in [0.29, 0.717) is 0 Å². The molecule has 1 atom stereocenters. The highest BCUT2D eigenvalue weighted by molar-refractivity contribution is 5.94. The van der Waals surface area contributed by atoms with Crippen LogP contribution in [0.2, 0.25) is 0 Å². The van der Waals surface area contributed by atoms with E-state index in [9.17, 15) is 9.90 Å². The summed E-state index contributed by atoms with van der Waals surface area (Å²) >= 11 is 0. The third-order valence-electron chi connectivity index (χ3n) is 3.53. The van der Waals surface area contributed by atoms with E-state index < -0.39 is 6.04 Å². The Kier molecular flexibility index (Phi) is 4.43. The van der Waals surface area contributed by atoms with Gasteiger partial charge in [-0.2, -0.15) is 5.10 Å². The van der Waals surface area contributed by atoms with Crippen molar-refractivity contribution in [2.75, 3.05) is 5.32 Å². The van der Waals surface area contributed by atoms with E-state index in [0.717, 1.165) is 28.2 Å². The molecule has 0 aliphatic rings. The maximum atomic E-state index is 12.4. The number of nitrogens with one attached hydrogen (secondary N) is 1. The zero-order valence-electron chi connectivity index (χ0n) is 12.8. The maximum Gasteiger partial charge on any atom is 0.248 e. The van der Waals surface area contributed by atoms with Crippen LogP contribution < -0.4 is 5.32 Å². The Hall–Kier alpha value is -2.14. The topological polar surface area (TPSA) is 67.2 Å². The molecule has 2 rings (SSSR count). The Balaban J connectivity index is 2.19. The van der Waals surface area contributed by atoms with Gasteiger partial charge in [0.15, 0.2) is 0 Å². The first-order valence-electron chi connectivity index (χ1n) is 6.96. The average Bonchev–Trinajstić information content (AvgIpc) is 2.79. The minimum atomic E-state index is -0.393. The lowest BCUT2D eigenvalue weighted by atomic mass is 10.1. The fourth-order valence-electron chi connectivity index (χ4n) is 2.29. The summed E-state index contributed by atoms with van der Waals surface area (Å²) in [5.74, 6) is -0.126. The maximum absolute atomic E-state index is 12.4. The second kappa shape index (κ2) is 6.10. The molecule has 0 aliphatic carbocycles. The van der Waals surface area contributed by atoms with Crippen molar-refractivity contribution in [1.29, 1.82) is 0 Å². The number of rotatable bonds is 4. The number of aliphatic hydroxyl groups is 1. The average molecular weight is 287 g/mol. The largest absolute Gasteiger partial charge is 0.392 e. The van der Waals surface area contributed by atoms with Crippen LogP contribution in [-0.4, -0.2) is 20.8 Å². The zero-order valence-corrected chi connectivity index (χ0v) is 12.8. The van der Waals surface area contributed by atoms with Crippen LogP contribution in [0.25, 0.3) is 0 Å². The van der Waals surface area contributed by atoms with Gasteiger partial charge in [0.25, 0.3) is 0 Å².